The van der Waals surface area contributed by atoms with Crippen molar-refractivity contribution in [2.24, 2.45) is 0 Å². The van der Waals surface area contributed by atoms with Gasteiger partial charge in [0, 0.05) is 21.0 Å². The van der Waals surface area contributed by atoms with Crippen LogP contribution in [0.2, 0.25) is 0 Å². The van der Waals surface area contributed by atoms with Crippen molar-refractivity contribution in [1.29, 1.82) is 0 Å². The zero-order chi connectivity index (χ0) is 14.0. The average Bonchev–Trinajstić information content (AvgIpc) is 2.72. The van der Waals surface area contributed by atoms with Crippen LogP contribution in [-0.2, 0) is 10.0 Å². The number of benzene rings is 1. The third-order valence-electron chi connectivity index (χ3n) is 3.02. The van der Waals surface area contributed by atoms with Gasteiger partial charge in [-0.3, -0.25) is 0 Å². The van der Waals surface area contributed by atoms with Gasteiger partial charge in [0.15, 0.2) is 0 Å². The molecule has 0 fully saturated rings. The number of hydrogen-bond acceptors (Lipinski definition) is 4. The minimum absolute atomic E-state index is 0.198. The molecule has 4 nitrogen and oxygen atoms in total. The number of thiophene rings is 1. The van der Waals surface area contributed by atoms with Crippen molar-refractivity contribution in [3.8, 4) is 0 Å². The Morgan fingerprint density at radius 2 is 2.05 bits per heavy atom. The summed E-state index contributed by atoms with van der Waals surface area (Å²) in [5.74, 6) is 0. The van der Waals surface area contributed by atoms with Crippen LogP contribution >= 0.6 is 11.3 Å². The molecule has 0 saturated carbocycles. The SMILES string of the molecule is CCC(CO)NS(=O)(=O)c1c(C)sc2ccccc12. The third-order valence-corrected chi connectivity index (χ3v) is 5.94. The van der Waals surface area contributed by atoms with E-state index in [1.54, 1.807) is 6.92 Å². The quantitative estimate of drug-likeness (QED) is 0.890. The van der Waals surface area contributed by atoms with E-state index in [0.29, 0.717) is 11.3 Å². The van der Waals surface area contributed by atoms with Gasteiger partial charge in [0.05, 0.1) is 6.61 Å². The number of sulfonamides is 1. The van der Waals surface area contributed by atoms with E-state index >= 15 is 0 Å². The smallest absolute Gasteiger partial charge is 0.242 e. The molecule has 0 aliphatic heterocycles. The maximum Gasteiger partial charge on any atom is 0.242 e. The van der Waals surface area contributed by atoms with Crippen LogP contribution in [0.4, 0.5) is 0 Å². The van der Waals surface area contributed by atoms with Gasteiger partial charge in [0.25, 0.3) is 0 Å². The van der Waals surface area contributed by atoms with Crippen molar-refractivity contribution in [2.75, 3.05) is 6.61 Å². The molecule has 19 heavy (non-hydrogen) atoms. The summed E-state index contributed by atoms with van der Waals surface area (Å²) >= 11 is 1.47. The lowest BCUT2D eigenvalue weighted by molar-refractivity contribution is 0.254. The van der Waals surface area contributed by atoms with Gasteiger partial charge in [-0.05, 0) is 19.4 Å². The fourth-order valence-corrected chi connectivity index (χ4v) is 5.13. The summed E-state index contributed by atoms with van der Waals surface area (Å²) in [5, 5.41) is 9.89. The summed E-state index contributed by atoms with van der Waals surface area (Å²) in [7, 11) is -3.60. The topological polar surface area (TPSA) is 66.4 Å². The molecule has 1 aromatic heterocycles. The van der Waals surface area contributed by atoms with E-state index in [-0.39, 0.29) is 6.61 Å². The van der Waals surface area contributed by atoms with E-state index in [1.165, 1.54) is 11.3 Å². The van der Waals surface area contributed by atoms with Gasteiger partial charge < -0.3 is 5.11 Å². The van der Waals surface area contributed by atoms with E-state index in [9.17, 15) is 8.42 Å². The Hall–Kier alpha value is -0.950. The van der Waals surface area contributed by atoms with Crippen molar-refractivity contribution in [3.05, 3.63) is 29.1 Å². The first kappa shape index (κ1) is 14.5. The minimum atomic E-state index is -3.60. The van der Waals surface area contributed by atoms with E-state index < -0.39 is 16.1 Å². The molecule has 0 aliphatic carbocycles. The second-order valence-electron chi connectivity index (χ2n) is 4.39. The molecule has 2 aromatic rings. The lowest BCUT2D eigenvalue weighted by atomic mass is 10.2. The molecule has 0 amide bonds. The van der Waals surface area contributed by atoms with Gasteiger partial charge in [0.2, 0.25) is 10.0 Å². The molecule has 1 heterocycles. The van der Waals surface area contributed by atoms with Crippen molar-refractivity contribution < 1.29 is 13.5 Å². The second kappa shape index (κ2) is 5.58. The van der Waals surface area contributed by atoms with Gasteiger partial charge in [0.1, 0.15) is 4.90 Å². The summed E-state index contributed by atoms with van der Waals surface area (Å²) in [5.41, 5.74) is 0. The van der Waals surface area contributed by atoms with Crippen LogP contribution in [0.3, 0.4) is 0 Å². The maximum absolute atomic E-state index is 12.4. The van der Waals surface area contributed by atoms with Crippen molar-refractivity contribution >= 4 is 31.4 Å². The summed E-state index contributed by atoms with van der Waals surface area (Å²) in [6.45, 7) is 3.44. The molecule has 6 heteroatoms. The summed E-state index contributed by atoms with van der Waals surface area (Å²) in [6, 6.07) is 7.01. The van der Waals surface area contributed by atoms with Gasteiger partial charge in [-0.25, -0.2) is 13.1 Å². The van der Waals surface area contributed by atoms with E-state index in [4.69, 9.17) is 5.11 Å². The van der Waals surface area contributed by atoms with Gasteiger partial charge in [-0.2, -0.15) is 0 Å². The molecule has 0 radical (unpaired) electrons. The molecular formula is C13H17NO3S2. The number of aliphatic hydroxyl groups is 1. The van der Waals surface area contributed by atoms with Crippen LogP contribution in [0.15, 0.2) is 29.2 Å². The highest BCUT2D eigenvalue weighted by Gasteiger charge is 2.24. The van der Waals surface area contributed by atoms with Crippen molar-refractivity contribution in [1.82, 2.24) is 4.72 Å². The Morgan fingerprint density at radius 1 is 1.37 bits per heavy atom. The molecule has 0 bridgehead atoms. The zero-order valence-corrected chi connectivity index (χ0v) is 12.5. The highest BCUT2D eigenvalue weighted by Crippen LogP contribution is 2.33. The van der Waals surface area contributed by atoms with Crippen LogP contribution in [0, 0.1) is 6.92 Å². The van der Waals surface area contributed by atoms with E-state index in [0.717, 1.165) is 15.0 Å². The van der Waals surface area contributed by atoms with Crippen molar-refractivity contribution in [3.63, 3.8) is 0 Å². The Bertz CT molecular complexity index is 672. The number of aryl methyl sites for hydroxylation is 1. The molecule has 2 N–H and O–H groups in total. The van der Waals surface area contributed by atoms with Crippen LogP contribution in [0.25, 0.3) is 10.1 Å². The number of nitrogens with one attached hydrogen (secondary N) is 1. The zero-order valence-electron chi connectivity index (χ0n) is 10.9. The fraction of sp³-hybridized carbons (Fsp3) is 0.385. The van der Waals surface area contributed by atoms with Gasteiger partial charge in [-0.15, -0.1) is 11.3 Å². The van der Waals surface area contributed by atoms with Gasteiger partial charge >= 0.3 is 0 Å². The highest BCUT2D eigenvalue weighted by molar-refractivity contribution is 7.90. The third kappa shape index (κ3) is 2.81. The first-order valence-corrected chi connectivity index (χ1v) is 8.41. The normalized spacial score (nSPS) is 13.8. The molecule has 2 rings (SSSR count). The number of fused-ring (bicyclic) bond motifs is 1. The van der Waals surface area contributed by atoms with Crippen LogP contribution in [0.5, 0.6) is 0 Å². The first-order valence-electron chi connectivity index (χ1n) is 6.11. The largest absolute Gasteiger partial charge is 0.395 e. The molecule has 104 valence electrons. The Morgan fingerprint density at radius 3 is 2.68 bits per heavy atom. The second-order valence-corrected chi connectivity index (χ2v) is 7.30. The van der Waals surface area contributed by atoms with Crippen LogP contribution < -0.4 is 4.72 Å². The van der Waals surface area contributed by atoms with Crippen molar-refractivity contribution in [2.45, 2.75) is 31.2 Å². The first-order chi connectivity index (χ1) is 8.99. The molecule has 1 unspecified atom stereocenters. The lowest BCUT2D eigenvalue weighted by Gasteiger charge is -2.14. The number of hydrogen-bond donors (Lipinski definition) is 2. The minimum Gasteiger partial charge on any atom is -0.395 e. The number of aliphatic hydroxyl groups excluding tert-OH is 1. The van der Waals surface area contributed by atoms with E-state index in [1.807, 2.05) is 31.2 Å². The highest BCUT2D eigenvalue weighted by atomic mass is 32.2. The predicted molar refractivity (Wildman–Crippen MR) is 78.0 cm³/mol. The molecule has 0 spiro atoms. The Kier molecular flexibility index (Phi) is 4.25. The standard InChI is InChI=1S/C13H17NO3S2/c1-3-10(8-15)14-19(16,17)13-9(2)18-12-7-5-4-6-11(12)13/h4-7,10,14-15H,3,8H2,1-2H3. The monoisotopic (exact) mass is 299 g/mol. The summed E-state index contributed by atoms with van der Waals surface area (Å²) < 4.78 is 28.4. The van der Waals surface area contributed by atoms with Crippen LogP contribution in [-0.4, -0.2) is 26.2 Å². The van der Waals surface area contributed by atoms with Crippen LogP contribution in [0.1, 0.15) is 18.2 Å². The summed E-state index contributed by atoms with van der Waals surface area (Å²) in [6.07, 6.45) is 0.552. The Labute approximate surface area is 117 Å². The number of rotatable bonds is 5. The molecule has 1 aromatic carbocycles. The summed E-state index contributed by atoms with van der Waals surface area (Å²) in [4.78, 5) is 1.10. The molecule has 0 saturated heterocycles. The molecule has 0 aliphatic rings. The molecular weight excluding hydrogens is 282 g/mol. The fourth-order valence-electron chi connectivity index (χ4n) is 2.01. The van der Waals surface area contributed by atoms with E-state index in [2.05, 4.69) is 4.72 Å². The molecule has 1 atom stereocenters. The predicted octanol–water partition coefficient (Wildman–Crippen LogP) is 2.26. The Balaban J connectivity index is 2.51. The lowest BCUT2D eigenvalue weighted by Crippen LogP contribution is -2.37. The van der Waals surface area contributed by atoms with Gasteiger partial charge in [-0.1, -0.05) is 25.1 Å². The average molecular weight is 299 g/mol. The maximum atomic E-state index is 12.4.